The summed E-state index contributed by atoms with van der Waals surface area (Å²) in [4.78, 5) is 0. The molecule has 43 heavy (non-hydrogen) atoms. The molecule has 0 bridgehead atoms. The van der Waals surface area contributed by atoms with Crippen LogP contribution in [0.5, 0.6) is 0 Å². The molecule has 1 saturated carbocycles. The van der Waals surface area contributed by atoms with Crippen LogP contribution in [0.15, 0.2) is 30.5 Å². The number of halogens is 9. The Morgan fingerprint density at radius 1 is 0.791 bits per heavy atom. The molecule has 1 aliphatic carbocycles. The van der Waals surface area contributed by atoms with Crippen LogP contribution < -0.4 is 0 Å². The summed E-state index contributed by atoms with van der Waals surface area (Å²) in [5, 5.41) is 0. The summed E-state index contributed by atoms with van der Waals surface area (Å²) in [5.41, 5.74) is -0.692. The lowest BCUT2D eigenvalue weighted by Crippen LogP contribution is -2.61. The summed E-state index contributed by atoms with van der Waals surface area (Å²) < 4.78 is 123. The van der Waals surface area contributed by atoms with Crippen LogP contribution in [0.2, 0.25) is 0 Å². The Labute approximate surface area is 249 Å². The number of unbranched alkanes of at least 4 members (excludes halogenated alkanes) is 8. The minimum absolute atomic E-state index is 0.141. The van der Waals surface area contributed by atoms with Gasteiger partial charge in [-0.3, -0.25) is 0 Å². The van der Waals surface area contributed by atoms with E-state index in [-0.39, 0.29) is 25.6 Å². The number of nitrogens with zero attached hydrogens (tertiary/aromatic N) is 1. The van der Waals surface area contributed by atoms with E-state index >= 15 is 0 Å². The fraction of sp³-hybridized carbons (Fsp3) is 0.697. The van der Waals surface area contributed by atoms with Crippen LogP contribution in [0, 0.1) is 5.82 Å². The van der Waals surface area contributed by atoms with Crippen molar-refractivity contribution >= 4 is 0 Å². The highest BCUT2D eigenvalue weighted by Crippen LogP contribution is 2.53. The van der Waals surface area contributed by atoms with E-state index in [2.05, 4.69) is 30.7 Å². The van der Waals surface area contributed by atoms with Crippen molar-refractivity contribution in [1.82, 2.24) is 4.57 Å². The first kappa shape index (κ1) is 35.4. The first-order chi connectivity index (χ1) is 20.0. The average Bonchev–Trinajstić information content (AvgIpc) is 3.67. The van der Waals surface area contributed by atoms with Gasteiger partial charge in [0.1, 0.15) is 5.82 Å². The van der Waals surface area contributed by atoms with E-state index in [0.29, 0.717) is 31.1 Å². The second-order valence-corrected chi connectivity index (χ2v) is 12.5. The van der Waals surface area contributed by atoms with Gasteiger partial charge in [0, 0.05) is 31.3 Å². The minimum atomic E-state index is -6.40. The summed E-state index contributed by atoms with van der Waals surface area (Å²) in [6.45, 7) is 4.77. The first-order valence-corrected chi connectivity index (χ1v) is 15.5. The summed E-state index contributed by atoms with van der Waals surface area (Å²) in [7, 11) is 0. The van der Waals surface area contributed by atoms with Gasteiger partial charge < -0.3 is 4.57 Å². The van der Waals surface area contributed by atoms with Gasteiger partial charge in [-0.05, 0) is 73.3 Å². The van der Waals surface area contributed by atoms with Crippen molar-refractivity contribution in [2.45, 2.75) is 146 Å². The maximum Gasteiger partial charge on any atom is 0.457 e. The molecule has 0 saturated heterocycles. The van der Waals surface area contributed by atoms with Crippen LogP contribution in [0.25, 0.3) is 0 Å². The second kappa shape index (κ2) is 14.3. The Morgan fingerprint density at radius 3 is 1.88 bits per heavy atom. The highest BCUT2D eigenvalue weighted by Gasteiger charge is 2.77. The van der Waals surface area contributed by atoms with Gasteiger partial charge in [-0.1, -0.05) is 70.9 Å². The van der Waals surface area contributed by atoms with E-state index in [1.54, 1.807) is 12.1 Å². The quantitative estimate of drug-likeness (QED) is 0.115. The molecule has 1 nitrogen and oxygen atoms in total. The van der Waals surface area contributed by atoms with Gasteiger partial charge in [-0.15, -0.1) is 0 Å². The number of rotatable bonds is 18. The second-order valence-electron chi connectivity index (χ2n) is 12.5. The Kier molecular flexibility index (Phi) is 11.8. The van der Waals surface area contributed by atoms with E-state index < -0.39 is 30.1 Å². The smallest absolute Gasteiger partial charge is 0.351 e. The molecule has 0 radical (unpaired) electrons. The SMILES string of the molecule is CC(C)c1c(Cc2c(F)cccc2C2CC2)ccn1CCCCCCCCCCCC(F)(F)[C@@](C)(F)C(F)(F)C(F)(F)F. The molecule has 0 amide bonds. The summed E-state index contributed by atoms with van der Waals surface area (Å²) >= 11 is 0. The van der Waals surface area contributed by atoms with Crippen molar-refractivity contribution < 1.29 is 39.5 Å². The molecule has 3 rings (SSSR count). The van der Waals surface area contributed by atoms with Gasteiger partial charge in [0.2, 0.25) is 5.67 Å². The zero-order valence-electron chi connectivity index (χ0n) is 25.3. The van der Waals surface area contributed by atoms with Crippen LogP contribution >= 0.6 is 0 Å². The van der Waals surface area contributed by atoms with Crippen LogP contribution in [-0.2, 0) is 13.0 Å². The number of benzene rings is 1. The van der Waals surface area contributed by atoms with Gasteiger partial charge in [0.25, 0.3) is 5.92 Å². The maximum atomic E-state index is 14.8. The van der Waals surface area contributed by atoms with Gasteiger partial charge in [0.05, 0.1) is 0 Å². The number of alkyl halides is 8. The number of hydrogen-bond donors (Lipinski definition) is 0. The lowest BCUT2D eigenvalue weighted by Gasteiger charge is -2.37. The third-order valence-corrected chi connectivity index (χ3v) is 8.70. The van der Waals surface area contributed by atoms with Crippen LogP contribution in [0.1, 0.15) is 132 Å². The normalized spacial score (nSPS) is 16.2. The molecule has 10 heteroatoms. The monoisotopic (exact) mass is 625 g/mol. The van der Waals surface area contributed by atoms with E-state index in [4.69, 9.17) is 0 Å². The maximum absolute atomic E-state index is 14.8. The van der Waals surface area contributed by atoms with Crippen molar-refractivity contribution in [2.75, 3.05) is 0 Å². The Morgan fingerprint density at radius 2 is 1.35 bits per heavy atom. The molecule has 0 unspecified atom stereocenters. The third kappa shape index (κ3) is 8.53. The zero-order chi connectivity index (χ0) is 32.1. The van der Waals surface area contributed by atoms with Crippen molar-refractivity contribution in [3.05, 3.63) is 58.7 Å². The third-order valence-electron chi connectivity index (χ3n) is 8.70. The molecule has 0 N–H and O–H groups in total. The van der Waals surface area contributed by atoms with E-state index in [1.807, 2.05) is 6.07 Å². The van der Waals surface area contributed by atoms with Gasteiger partial charge >= 0.3 is 12.1 Å². The molecule has 1 fully saturated rings. The van der Waals surface area contributed by atoms with Crippen molar-refractivity contribution in [3.8, 4) is 0 Å². The Hall–Kier alpha value is -2.13. The van der Waals surface area contributed by atoms with Crippen molar-refractivity contribution in [1.29, 1.82) is 0 Å². The van der Waals surface area contributed by atoms with Gasteiger partial charge in [0.15, 0.2) is 0 Å². The molecular weight excluding hydrogens is 581 g/mol. The number of hydrogen-bond acceptors (Lipinski definition) is 0. The molecular formula is C33H44F9N. The Balaban J connectivity index is 1.34. The van der Waals surface area contributed by atoms with Crippen LogP contribution in [0.3, 0.4) is 0 Å². The molecule has 1 aliphatic rings. The molecule has 1 heterocycles. The summed E-state index contributed by atoms with van der Waals surface area (Å²) in [6.07, 6.45) is 2.97. The number of aromatic nitrogens is 1. The van der Waals surface area contributed by atoms with Crippen LogP contribution in [-0.4, -0.2) is 28.3 Å². The average molecular weight is 626 g/mol. The Bertz CT molecular complexity index is 1160. The fourth-order valence-corrected chi connectivity index (χ4v) is 5.90. The lowest BCUT2D eigenvalue weighted by molar-refractivity contribution is -0.358. The molecule has 0 spiro atoms. The summed E-state index contributed by atoms with van der Waals surface area (Å²) in [5.74, 6) is -10.3. The van der Waals surface area contributed by atoms with E-state index in [9.17, 15) is 39.5 Å². The predicted octanol–water partition coefficient (Wildman–Crippen LogP) is 11.7. The molecule has 2 aromatic rings. The first-order valence-electron chi connectivity index (χ1n) is 15.5. The number of aryl methyl sites for hydroxylation is 1. The summed E-state index contributed by atoms with van der Waals surface area (Å²) in [6, 6.07) is 7.49. The largest absolute Gasteiger partial charge is 0.457 e. The highest BCUT2D eigenvalue weighted by molar-refractivity contribution is 5.40. The molecule has 1 aromatic carbocycles. The molecule has 1 atom stereocenters. The standard InChI is InChI=1S/C33H44F9N/c1-23(2)29-25(22-27-26(24-16-17-24)14-13-15-28(27)34)18-21-43(29)20-12-10-8-6-4-5-7-9-11-19-31(36,37)30(3,35)32(38,39)33(40,41)42/h13-15,18,21,23-24H,4-12,16-17,19-20,22H2,1-3H3/t30-/m1/s1. The molecule has 244 valence electrons. The minimum Gasteiger partial charge on any atom is -0.351 e. The topological polar surface area (TPSA) is 4.93 Å². The molecule has 1 aromatic heterocycles. The molecule has 0 aliphatic heterocycles. The zero-order valence-corrected chi connectivity index (χ0v) is 25.3. The predicted molar refractivity (Wildman–Crippen MR) is 151 cm³/mol. The van der Waals surface area contributed by atoms with Crippen molar-refractivity contribution in [3.63, 3.8) is 0 Å². The fourth-order valence-electron chi connectivity index (χ4n) is 5.90. The van der Waals surface area contributed by atoms with Gasteiger partial charge in [-0.2, -0.15) is 22.0 Å². The van der Waals surface area contributed by atoms with E-state index in [1.165, 1.54) is 5.69 Å². The lowest BCUT2D eigenvalue weighted by atomic mass is 9.88. The van der Waals surface area contributed by atoms with Crippen LogP contribution in [0.4, 0.5) is 39.5 Å². The van der Waals surface area contributed by atoms with E-state index in [0.717, 1.165) is 68.2 Å². The van der Waals surface area contributed by atoms with Crippen molar-refractivity contribution in [2.24, 2.45) is 0 Å². The van der Waals surface area contributed by atoms with Gasteiger partial charge in [-0.25, -0.2) is 17.6 Å². The highest BCUT2D eigenvalue weighted by atomic mass is 19.4.